The number of carbonyl (C=O) groups excluding carboxylic acids is 1. The maximum atomic E-state index is 12.3. The summed E-state index contributed by atoms with van der Waals surface area (Å²) in [4.78, 5) is 12.3. The van der Waals surface area contributed by atoms with Crippen LogP contribution in [0.5, 0.6) is 5.75 Å². The maximum absolute atomic E-state index is 12.3. The molecule has 0 saturated carbocycles. The van der Waals surface area contributed by atoms with Crippen molar-refractivity contribution >= 4 is 23.5 Å². The van der Waals surface area contributed by atoms with Gasteiger partial charge < -0.3 is 14.6 Å². The number of rotatable bonds is 7. The van der Waals surface area contributed by atoms with Crippen molar-refractivity contribution in [2.75, 3.05) is 18.2 Å². The lowest BCUT2D eigenvalue weighted by molar-refractivity contribution is -0.113. The highest BCUT2D eigenvalue weighted by Crippen LogP contribution is 2.29. The Hall–Kier alpha value is -3.59. The first-order valence-corrected chi connectivity index (χ1v) is 10.1. The van der Waals surface area contributed by atoms with E-state index in [2.05, 4.69) is 20.7 Å². The van der Waals surface area contributed by atoms with E-state index in [9.17, 15) is 4.79 Å². The molecule has 4 aromatic rings. The van der Waals surface area contributed by atoms with Crippen LogP contribution in [-0.4, -0.2) is 38.7 Å². The molecule has 2 heterocycles. The molecule has 2 aromatic carbocycles. The maximum Gasteiger partial charge on any atom is 0.236 e. The number of ether oxygens (including phenoxy) is 1. The number of anilines is 1. The number of nitrogens with one attached hydrogen (secondary N) is 1. The number of nitrogens with zero attached hydrogens (tertiary/aromatic N) is 4. The topological polar surface area (TPSA) is 95.1 Å². The minimum Gasteiger partial charge on any atom is -0.497 e. The number of aryl methyl sites for hydroxylation is 1. The predicted molar refractivity (Wildman–Crippen MR) is 114 cm³/mol. The molecule has 0 unspecified atom stereocenters. The Kier molecular flexibility index (Phi) is 5.80. The van der Waals surface area contributed by atoms with E-state index in [1.54, 1.807) is 20.1 Å². The molecule has 9 heteroatoms. The molecule has 2 aromatic heterocycles. The summed E-state index contributed by atoms with van der Waals surface area (Å²) in [7, 11) is 1.62. The normalized spacial score (nSPS) is 10.7. The van der Waals surface area contributed by atoms with Gasteiger partial charge in [0.2, 0.25) is 5.91 Å². The fourth-order valence-electron chi connectivity index (χ4n) is 2.84. The second kappa shape index (κ2) is 8.83. The molecule has 0 radical (unpaired) electrons. The third-order valence-electron chi connectivity index (χ3n) is 4.22. The van der Waals surface area contributed by atoms with Crippen molar-refractivity contribution in [3.8, 4) is 22.8 Å². The number of hydrogen-bond donors (Lipinski definition) is 1. The van der Waals surface area contributed by atoms with Crippen molar-refractivity contribution in [1.29, 1.82) is 0 Å². The molecule has 1 N–H and O–H groups in total. The molecular weight excluding hydrogens is 402 g/mol. The standard InChI is InChI=1S/C21H19N5O3S/c1-14-12-18(25-29-14)22-19(27)13-30-21-24-23-20(15-6-4-3-5-7-15)26(21)16-8-10-17(28-2)11-9-16/h3-12H,13H2,1-2H3,(H,22,25,27). The molecule has 0 aliphatic rings. The van der Waals surface area contributed by atoms with Gasteiger partial charge in [0.15, 0.2) is 16.8 Å². The minimum atomic E-state index is -0.209. The summed E-state index contributed by atoms with van der Waals surface area (Å²) in [6.45, 7) is 1.76. The smallest absolute Gasteiger partial charge is 0.236 e. The predicted octanol–water partition coefficient (Wildman–Crippen LogP) is 3.97. The van der Waals surface area contributed by atoms with Crippen LogP contribution in [0.25, 0.3) is 17.1 Å². The van der Waals surface area contributed by atoms with E-state index in [4.69, 9.17) is 9.26 Å². The minimum absolute atomic E-state index is 0.148. The summed E-state index contributed by atoms with van der Waals surface area (Å²) in [6.07, 6.45) is 0. The fraction of sp³-hybridized carbons (Fsp3) is 0.143. The van der Waals surface area contributed by atoms with E-state index >= 15 is 0 Å². The Morgan fingerprint density at radius 2 is 1.90 bits per heavy atom. The molecule has 0 aliphatic heterocycles. The van der Waals surface area contributed by atoms with Crippen LogP contribution in [0.3, 0.4) is 0 Å². The Morgan fingerprint density at radius 3 is 2.57 bits per heavy atom. The Morgan fingerprint density at radius 1 is 1.13 bits per heavy atom. The van der Waals surface area contributed by atoms with Gasteiger partial charge in [-0.3, -0.25) is 9.36 Å². The van der Waals surface area contributed by atoms with Crippen molar-refractivity contribution in [2.45, 2.75) is 12.1 Å². The highest BCUT2D eigenvalue weighted by Gasteiger charge is 2.17. The van der Waals surface area contributed by atoms with E-state index in [1.807, 2.05) is 59.2 Å². The number of methoxy groups -OCH3 is 1. The van der Waals surface area contributed by atoms with E-state index in [0.717, 1.165) is 17.0 Å². The van der Waals surface area contributed by atoms with Crippen LogP contribution < -0.4 is 10.1 Å². The lowest BCUT2D eigenvalue weighted by Gasteiger charge is -2.11. The van der Waals surface area contributed by atoms with Gasteiger partial charge >= 0.3 is 0 Å². The van der Waals surface area contributed by atoms with Gasteiger partial charge in [-0.2, -0.15) is 0 Å². The SMILES string of the molecule is COc1ccc(-n2c(SCC(=O)Nc3cc(C)on3)nnc2-c2ccccc2)cc1. The van der Waals surface area contributed by atoms with Gasteiger partial charge in [0, 0.05) is 17.3 Å². The molecule has 0 saturated heterocycles. The Balaban J connectivity index is 1.60. The van der Waals surface area contributed by atoms with Gasteiger partial charge in [-0.05, 0) is 31.2 Å². The zero-order valence-electron chi connectivity index (χ0n) is 16.4. The van der Waals surface area contributed by atoms with Gasteiger partial charge in [0.05, 0.1) is 12.9 Å². The first kappa shape index (κ1) is 19.7. The molecule has 8 nitrogen and oxygen atoms in total. The summed E-state index contributed by atoms with van der Waals surface area (Å²) < 4.78 is 12.1. The van der Waals surface area contributed by atoms with E-state index in [1.165, 1.54) is 11.8 Å². The van der Waals surface area contributed by atoms with E-state index in [-0.39, 0.29) is 11.7 Å². The lowest BCUT2D eigenvalue weighted by Crippen LogP contribution is -2.14. The van der Waals surface area contributed by atoms with Gasteiger partial charge in [-0.15, -0.1) is 10.2 Å². The van der Waals surface area contributed by atoms with Crippen LogP contribution in [0.2, 0.25) is 0 Å². The summed E-state index contributed by atoms with van der Waals surface area (Å²) >= 11 is 1.29. The highest BCUT2D eigenvalue weighted by molar-refractivity contribution is 7.99. The van der Waals surface area contributed by atoms with Gasteiger partial charge in [0.25, 0.3) is 0 Å². The Labute approximate surface area is 177 Å². The zero-order chi connectivity index (χ0) is 20.9. The van der Waals surface area contributed by atoms with Crippen molar-refractivity contribution in [3.63, 3.8) is 0 Å². The second-order valence-electron chi connectivity index (χ2n) is 6.37. The molecule has 152 valence electrons. The van der Waals surface area contributed by atoms with Crippen LogP contribution in [-0.2, 0) is 4.79 Å². The van der Waals surface area contributed by atoms with Gasteiger partial charge in [0.1, 0.15) is 11.5 Å². The quantitative estimate of drug-likeness (QED) is 0.451. The first-order valence-electron chi connectivity index (χ1n) is 9.15. The molecule has 0 bridgehead atoms. The molecule has 30 heavy (non-hydrogen) atoms. The van der Waals surface area contributed by atoms with Crippen molar-refractivity contribution in [1.82, 2.24) is 19.9 Å². The average Bonchev–Trinajstić information content (AvgIpc) is 3.39. The van der Waals surface area contributed by atoms with Crippen LogP contribution in [0.1, 0.15) is 5.76 Å². The molecule has 0 aliphatic carbocycles. The molecule has 4 rings (SSSR count). The summed E-state index contributed by atoms with van der Waals surface area (Å²) in [5.41, 5.74) is 1.80. The third-order valence-corrected chi connectivity index (χ3v) is 5.15. The molecule has 0 spiro atoms. The van der Waals surface area contributed by atoms with Crippen molar-refractivity contribution in [3.05, 3.63) is 66.4 Å². The molecular formula is C21H19N5O3S. The van der Waals surface area contributed by atoms with E-state index in [0.29, 0.717) is 22.6 Å². The largest absolute Gasteiger partial charge is 0.497 e. The molecule has 0 atom stereocenters. The molecule has 0 fully saturated rings. The number of carbonyl (C=O) groups is 1. The first-order chi connectivity index (χ1) is 14.6. The number of aromatic nitrogens is 4. The monoisotopic (exact) mass is 421 g/mol. The Bertz CT molecular complexity index is 1140. The van der Waals surface area contributed by atoms with Crippen LogP contribution in [0, 0.1) is 6.92 Å². The lowest BCUT2D eigenvalue weighted by atomic mass is 10.2. The molecule has 1 amide bonds. The fourth-order valence-corrected chi connectivity index (χ4v) is 3.59. The summed E-state index contributed by atoms with van der Waals surface area (Å²) in [5.74, 6) is 2.40. The van der Waals surface area contributed by atoms with Crippen molar-refractivity contribution in [2.24, 2.45) is 0 Å². The summed E-state index contributed by atoms with van der Waals surface area (Å²) in [5, 5.41) is 15.8. The average molecular weight is 421 g/mol. The summed E-state index contributed by atoms with van der Waals surface area (Å²) in [6, 6.07) is 19.0. The highest BCUT2D eigenvalue weighted by atomic mass is 32.2. The van der Waals surface area contributed by atoms with E-state index < -0.39 is 0 Å². The van der Waals surface area contributed by atoms with Crippen molar-refractivity contribution < 1.29 is 14.1 Å². The van der Waals surface area contributed by atoms with Crippen LogP contribution in [0.15, 0.2) is 70.3 Å². The number of thioether (sulfide) groups is 1. The third kappa shape index (κ3) is 4.36. The number of amides is 1. The van der Waals surface area contributed by atoms with Gasteiger partial charge in [-0.1, -0.05) is 47.3 Å². The number of benzene rings is 2. The van der Waals surface area contributed by atoms with Crippen LogP contribution >= 0.6 is 11.8 Å². The number of hydrogen-bond acceptors (Lipinski definition) is 7. The van der Waals surface area contributed by atoms with Crippen LogP contribution in [0.4, 0.5) is 5.82 Å². The zero-order valence-corrected chi connectivity index (χ0v) is 17.2. The van der Waals surface area contributed by atoms with Gasteiger partial charge in [-0.25, -0.2) is 0 Å². The second-order valence-corrected chi connectivity index (χ2v) is 7.31.